The molecule has 0 aliphatic carbocycles. The first-order valence-electron chi connectivity index (χ1n) is 19.5. The first-order valence-corrected chi connectivity index (χ1v) is 19.5. The van der Waals surface area contributed by atoms with Gasteiger partial charge in [0, 0.05) is 50.0 Å². The van der Waals surface area contributed by atoms with Crippen LogP contribution in [0.15, 0.2) is 224 Å². The van der Waals surface area contributed by atoms with Crippen LogP contribution in [0, 0.1) is 0 Å². The summed E-state index contributed by atoms with van der Waals surface area (Å²) in [5.74, 6) is 0. The Hall–Kier alpha value is -7.62. The van der Waals surface area contributed by atoms with Crippen molar-refractivity contribution in [3.8, 4) is 33.6 Å². The van der Waals surface area contributed by atoms with E-state index in [2.05, 4.69) is 238 Å². The van der Waals surface area contributed by atoms with Gasteiger partial charge in [0.25, 0.3) is 0 Å². The SMILES string of the molecule is c1ccc(N(c2ccccc2)c2ccc(-c3ccc4c(c3)c3ccccc3n4-c3ccc(-c4ccc5c(c4)c4ccccc4n5-c4ccccc4)cc3)cc2)cc1. The Bertz CT molecular complexity index is 3160. The highest BCUT2D eigenvalue weighted by Gasteiger charge is 2.17. The van der Waals surface area contributed by atoms with E-state index in [4.69, 9.17) is 0 Å². The summed E-state index contributed by atoms with van der Waals surface area (Å²) in [4.78, 5) is 2.30. The highest BCUT2D eigenvalue weighted by molar-refractivity contribution is 6.11. The number of nitrogens with zero attached hydrogens (tertiary/aromatic N) is 3. The van der Waals surface area contributed by atoms with Crippen molar-refractivity contribution < 1.29 is 0 Å². The fourth-order valence-electron chi connectivity index (χ4n) is 8.65. The molecule has 268 valence electrons. The Morgan fingerprint density at radius 1 is 0.246 bits per heavy atom. The van der Waals surface area contributed by atoms with Crippen LogP contribution >= 0.6 is 0 Å². The van der Waals surface area contributed by atoms with Gasteiger partial charge in [0.2, 0.25) is 0 Å². The summed E-state index contributed by atoms with van der Waals surface area (Å²) in [5.41, 5.74) is 15.3. The number of fused-ring (bicyclic) bond motifs is 6. The van der Waals surface area contributed by atoms with E-state index >= 15 is 0 Å². The Morgan fingerprint density at radius 3 is 1.09 bits per heavy atom. The first kappa shape index (κ1) is 32.8. The van der Waals surface area contributed by atoms with E-state index in [9.17, 15) is 0 Å². The van der Waals surface area contributed by atoms with Crippen LogP contribution in [0.25, 0.3) is 77.2 Å². The smallest absolute Gasteiger partial charge is 0.0541 e. The molecule has 2 aromatic heterocycles. The molecule has 57 heavy (non-hydrogen) atoms. The average Bonchev–Trinajstić information content (AvgIpc) is 3.80. The molecule has 0 spiro atoms. The van der Waals surface area contributed by atoms with Crippen molar-refractivity contribution in [2.45, 2.75) is 0 Å². The van der Waals surface area contributed by atoms with Crippen molar-refractivity contribution in [2.75, 3.05) is 4.90 Å². The maximum Gasteiger partial charge on any atom is 0.0541 e. The Morgan fingerprint density at radius 2 is 0.596 bits per heavy atom. The summed E-state index contributed by atoms with van der Waals surface area (Å²) in [6, 6.07) is 81.0. The lowest BCUT2D eigenvalue weighted by Gasteiger charge is -2.25. The molecule has 0 saturated carbocycles. The largest absolute Gasteiger partial charge is 0.311 e. The van der Waals surface area contributed by atoms with Crippen molar-refractivity contribution in [3.63, 3.8) is 0 Å². The first-order chi connectivity index (χ1) is 28.3. The molecule has 0 saturated heterocycles. The molecule has 9 aromatic carbocycles. The number of hydrogen-bond donors (Lipinski definition) is 0. The second kappa shape index (κ2) is 13.6. The molecule has 0 aliphatic heterocycles. The summed E-state index contributed by atoms with van der Waals surface area (Å²) in [7, 11) is 0. The zero-order chi connectivity index (χ0) is 37.7. The van der Waals surface area contributed by atoms with Crippen LogP contribution in [0.3, 0.4) is 0 Å². The predicted octanol–water partition coefficient (Wildman–Crippen LogP) is 14.7. The van der Waals surface area contributed by atoms with E-state index in [1.807, 2.05) is 0 Å². The van der Waals surface area contributed by atoms with Crippen LogP contribution in [0.1, 0.15) is 0 Å². The fraction of sp³-hybridized carbons (Fsp3) is 0. The van der Waals surface area contributed by atoms with Crippen molar-refractivity contribution in [3.05, 3.63) is 224 Å². The molecule has 0 N–H and O–H groups in total. The normalized spacial score (nSPS) is 11.5. The minimum atomic E-state index is 1.12. The van der Waals surface area contributed by atoms with Gasteiger partial charge >= 0.3 is 0 Å². The van der Waals surface area contributed by atoms with Crippen LogP contribution in [0.4, 0.5) is 17.1 Å². The molecule has 0 radical (unpaired) electrons. The average molecular weight is 728 g/mol. The van der Waals surface area contributed by atoms with Crippen LogP contribution in [0.5, 0.6) is 0 Å². The van der Waals surface area contributed by atoms with Gasteiger partial charge in [0.05, 0.1) is 22.1 Å². The van der Waals surface area contributed by atoms with Gasteiger partial charge in [0.1, 0.15) is 0 Å². The number of aromatic nitrogens is 2. The molecule has 0 unspecified atom stereocenters. The van der Waals surface area contributed by atoms with Gasteiger partial charge in [-0.25, -0.2) is 0 Å². The summed E-state index contributed by atoms with van der Waals surface area (Å²) in [5, 5.41) is 5.01. The van der Waals surface area contributed by atoms with Gasteiger partial charge < -0.3 is 14.0 Å². The van der Waals surface area contributed by atoms with Gasteiger partial charge in [-0.2, -0.15) is 0 Å². The highest BCUT2D eigenvalue weighted by atomic mass is 15.1. The third-order valence-corrected chi connectivity index (χ3v) is 11.3. The molecule has 3 nitrogen and oxygen atoms in total. The topological polar surface area (TPSA) is 13.1 Å². The summed E-state index contributed by atoms with van der Waals surface area (Å²) in [6.45, 7) is 0. The maximum absolute atomic E-state index is 2.40. The Balaban J connectivity index is 0.949. The number of anilines is 3. The van der Waals surface area contributed by atoms with Gasteiger partial charge in [-0.15, -0.1) is 0 Å². The van der Waals surface area contributed by atoms with E-state index in [0.717, 1.165) is 22.7 Å². The van der Waals surface area contributed by atoms with Gasteiger partial charge in [-0.3, -0.25) is 0 Å². The third kappa shape index (κ3) is 5.60. The van der Waals surface area contributed by atoms with Crippen molar-refractivity contribution in [1.82, 2.24) is 9.13 Å². The maximum atomic E-state index is 2.40. The zero-order valence-electron chi connectivity index (χ0n) is 31.2. The second-order valence-electron chi connectivity index (χ2n) is 14.6. The van der Waals surface area contributed by atoms with Crippen LogP contribution < -0.4 is 4.90 Å². The van der Waals surface area contributed by atoms with Crippen molar-refractivity contribution >= 4 is 60.7 Å². The molecule has 3 heteroatoms. The molecule has 0 amide bonds. The molecular formula is C54H37N3. The van der Waals surface area contributed by atoms with Crippen LogP contribution in [-0.2, 0) is 0 Å². The fourth-order valence-corrected chi connectivity index (χ4v) is 8.65. The molecule has 0 aliphatic rings. The second-order valence-corrected chi connectivity index (χ2v) is 14.6. The minimum Gasteiger partial charge on any atom is -0.311 e. The summed E-state index contributed by atoms with van der Waals surface area (Å²) in [6.07, 6.45) is 0. The number of hydrogen-bond acceptors (Lipinski definition) is 1. The van der Waals surface area contributed by atoms with E-state index < -0.39 is 0 Å². The van der Waals surface area contributed by atoms with Crippen LogP contribution in [0.2, 0.25) is 0 Å². The number of benzene rings is 9. The van der Waals surface area contributed by atoms with Crippen molar-refractivity contribution in [2.24, 2.45) is 0 Å². The third-order valence-electron chi connectivity index (χ3n) is 11.3. The molecule has 2 heterocycles. The quantitative estimate of drug-likeness (QED) is 0.159. The standard InChI is InChI=1S/C54H37N3/c1-4-14-42(15-5-1)55(43-16-6-2-7-17-43)45-30-24-38(25-31-45)40-29-35-54-50(37-40)48-21-11-13-23-52(48)57(54)46-32-26-39(27-33-46)41-28-34-53-49(36-41)47-20-10-12-22-51(47)56(53)44-18-8-3-9-19-44/h1-37H. The molecule has 0 bridgehead atoms. The van der Waals surface area contributed by atoms with E-state index in [1.54, 1.807) is 0 Å². The molecule has 0 fully saturated rings. The van der Waals surface area contributed by atoms with Crippen molar-refractivity contribution in [1.29, 1.82) is 0 Å². The van der Waals surface area contributed by atoms with Gasteiger partial charge in [0.15, 0.2) is 0 Å². The lowest BCUT2D eigenvalue weighted by molar-refractivity contribution is 1.18. The number of para-hydroxylation sites is 5. The van der Waals surface area contributed by atoms with E-state index in [0.29, 0.717) is 0 Å². The van der Waals surface area contributed by atoms with Gasteiger partial charge in [-0.05, 0) is 119 Å². The zero-order valence-corrected chi connectivity index (χ0v) is 31.2. The Kier molecular flexibility index (Phi) is 7.82. The molecule has 11 rings (SSSR count). The van der Waals surface area contributed by atoms with Gasteiger partial charge in [-0.1, -0.05) is 127 Å². The minimum absolute atomic E-state index is 1.12. The number of rotatable bonds is 7. The molecule has 11 aromatic rings. The lowest BCUT2D eigenvalue weighted by Crippen LogP contribution is -2.09. The predicted molar refractivity (Wildman–Crippen MR) is 241 cm³/mol. The molecular weight excluding hydrogens is 691 g/mol. The van der Waals surface area contributed by atoms with Crippen LogP contribution in [-0.4, -0.2) is 9.13 Å². The molecule has 0 atom stereocenters. The van der Waals surface area contributed by atoms with E-state index in [-0.39, 0.29) is 0 Å². The highest BCUT2D eigenvalue weighted by Crippen LogP contribution is 2.39. The summed E-state index contributed by atoms with van der Waals surface area (Å²) >= 11 is 0. The monoisotopic (exact) mass is 727 g/mol. The van der Waals surface area contributed by atoms with E-state index in [1.165, 1.54) is 71.6 Å². The Labute approximate surface area is 331 Å². The lowest BCUT2D eigenvalue weighted by atomic mass is 10.0. The summed E-state index contributed by atoms with van der Waals surface area (Å²) < 4.78 is 4.77.